The number of thioether (sulfide) groups is 1. The number of ether oxygens (including phenoxy) is 1. The number of hydrogen-bond donors (Lipinski definition) is 0. The number of methoxy groups -OCH3 is 1. The van der Waals surface area contributed by atoms with Crippen molar-refractivity contribution in [1.29, 1.82) is 0 Å². The first-order valence-corrected chi connectivity index (χ1v) is 13.8. The molecule has 4 rings (SSSR count). The molecule has 2 aromatic carbocycles. The van der Waals surface area contributed by atoms with Gasteiger partial charge < -0.3 is 9.64 Å². The maximum atomic E-state index is 13.9. The lowest BCUT2D eigenvalue weighted by Crippen LogP contribution is -2.32. The molecule has 0 aliphatic carbocycles. The van der Waals surface area contributed by atoms with Crippen LogP contribution in [0.25, 0.3) is 21.7 Å². The van der Waals surface area contributed by atoms with Crippen molar-refractivity contribution in [2.75, 3.05) is 26.0 Å². The summed E-state index contributed by atoms with van der Waals surface area (Å²) >= 11 is 8.17. The fraction of sp³-hybridized carbons (Fsp3) is 0.308. The number of benzene rings is 2. The minimum absolute atomic E-state index is 0.0118. The van der Waals surface area contributed by atoms with Crippen molar-refractivity contribution in [1.82, 2.24) is 19.0 Å². The summed E-state index contributed by atoms with van der Waals surface area (Å²) in [7, 11) is 1.56. The lowest BCUT2D eigenvalue weighted by Gasteiger charge is -2.19. The molecule has 36 heavy (non-hydrogen) atoms. The van der Waals surface area contributed by atoms with Gasteiger partial charge in [0.2, 0.25) is 5.91 Å². The molecule has 0 atom stereocenters. The largest absolute Gasteiger partial charge is 0.495 e. The number of hydrogen-bond acceptors (Lipinski definition) is 7. The van der Waals surface area contributed by atoms with Crippen LogP contribution in [0.15, 0.2) is 52.4 Å². The minimum atomic E-state index is -0.249. The van der Waals surface area contributed by atoms with Crippen LogP contribution in [0.2, 0.25) is 0 Å². The smallest absolute Gasteiger partial charge is 0.278 e. The molecule has 0 unspecified atom stereocenters. The minimum Gasteiger partial charge on any atom is -0.495 e. The Hall–Kier alpha value is -2.95. The molecular formula is C26H28N4O3S3. The molecular weight excluding hydrogens is 513 g/mol. The second-order valence-corrected chi connectivity index (χ2v) is 10.8. The molecule has 0 saturated heterocycles. The van der Waals surface area contributed by atoms with E-state index in [9.17, 15) is 9.59 Å². The summed E-state index contributed by atoms with van der Waals surface area (Å²) in [6, 6.07) is 13.3. The zero-order valence-electron chi connectivity index (χ0n) is 20.9. The van der Waals surface area contributed by atoms with Gasteiger partial charge >= 0.3 is 0 Å². The quantitative estimate of drug-likeness (QED) is 0.166. The summed E-state index contributed by atoms with van der Waals surface area (Å²) in [5, 5.41) is 0.405. The first kappa shape index (κ1) is 26.1. The van der Waals surface area contributed by atoms with Gasteiger partial charge in [-0.15, -0.1) is 0 Å². The van der Waals surface area contributed by atoms with E-state index >= 15 is 0 Å². The van der Waals surface area contributed by atoms with Crippen LogP contribution in [-0.4, -0.2) is 50.9 Å². The van der Waals surface area contributed by atoms with Gasteiger partial charge in [0.1, 0.15) is 10.4 Å². The third kappa shape index (κ3) is 4.85. The summed E-state index contributed by atoms with van der Waals surface area (Å²) < 4.78 is 9.89. The number of amides is 1. The van der Waals surface area contributed by atoms with Crippen molar-refractivity contribution >= 4 is 51.6 Å². The lowest BCUT2D eigenvalue weighted by atomic mass is 10.1. The van der Waals surface area contributed by atoms with Crippen LogP contribution >= 0.6 is 35.3 Å². The molecule has 0 bridgehead atoms. The van der Waals surface area contributed by atoms with Gasteiger partial charge in [-0.1, -0.05) is 41.3 Å². The molecule has 0 aliphatic heterocycles. The van der Waals surface area contributed by atoms with Crippen molar-refractivity contribution in [3.05, 3.63) is 67.9 Å². The van der Waals surface area contributed by atoms with Crippen molar-refractivity contribution in [2.45, 2.75) is 32.9 Å². The Kier molecular flexibility index (Phi) is 7.97. The first-order chi connectivity index (χ1) is 17.3. The van der Waals surface area contributed by atoms with E-state index in [1.54, 1.807) is 18.1 Å². The number of carbonyl (C=O) groups excluding carboxylic acids is 1. The van der Waals surface area contributed by atoms with Crippen LogP contribution < -0.4 is 10.3 Å². The molecule has 0 spiro atoms. The maximum absolute atomic E-state index is 13.9. The van der Waals surface area contributed by atoms with E-state index in [2.05, 4.69) is 6.92 Å². The highest BCUT2D eigenvalue weighted by Crippen LogP contribution is 2.30. The summed E-state index contributed by atoms with van der Waals surface area (Å²) in [6.45, 7) is 9.24. The SMILES string of the molecule is CCN(CC)C(=O)CSc1nc2c(sc(=S)n2-c2ccc(C)c(C)c2)c(=O)n1-c1ccccc1OC. The van der Waals surface area contributed by atoms with E-state index < -0.39 is 0 Å². The van der Waals surface area contributed by atoms with Gasteiger partial charge in [-0.05, 0) is 75.3 Å². The van der Waals surface area contributed by atoms with Gasteiger partial charge in [0.25, 0.3) is 5.56 Å². The van der Waals surface area contributed by atoms with Gasteiger partial charge in [0.05, 0.1) is 18.6 Å². The van der Waals surface area contributed by atoms with E-state index in [0.717, 1.165) is 11.3 Å². The van der Waals surface area contributed by atoms with Crippen molar-refractivity contribution in [2.24, 2.45) is 0 Å². The third-order valence-electron chi connectivity index (χ3n) is 6.09. The predicted molar refractivity (Wildman–Crippen MR) is 150 cm³/mol. The van der Waals surface area contributed by atoms with Crippen LogP contribution in [0.5, 0.6) is 5.75 Å². The number of rotatable bonds is 8. The molecule has 0 fully saturated rings. The summed E-state index contributed by atoms with van der Waals surface area (Å²) in [4.78, 5) is 33.4. The van der Waals surface area contributed by atoms with E-state index in [4.69, 9.17) is 21.9 Å². The van der Waals surface area contributed by atoms with Crippen molar-refractivity contribution in [3.63, 3.8) is 0 Å². The highest BCUT2D eigenvalue weighted by atomic mass is 32.2. The zero-order chi connectivity index (χ0) is 26.0. The highest BCUT2D eigenvalue weighted by Gasteiger charge is 2.22. The summed E-state index contributed by atoms with van der Waals surface area (Å²) in [5.41, 5.74) is 3.95. The monoisotopic (exact) mass is 540 g/mol. The van der Waals surface area contributed by atoms with Crippen LogP contribution in [0.4, 0.5) is 0 Å². The van der Waals surface area contributed by atoms with Crippen molar-refractivity contribution in [3.8, 4) is 17.1 Å². The van der Waals surface area contributed by atoms with Crippen LogP contribution in [0, 0.1) is 17.8 Å². The molecule has 2 aromatic heterocycles. The average Bonchev–Trinajstić information content (AvgIpc) is 3.21. The van der Waals surface area contributed by atoms with Gasteiger partial charge in [-0.3, -0.25) is 18.7 Å². The van der Waals surface area contributed by atoms with Gasteiger partial charge in [0, 0.05) is 18.8 Å². The number of para-hydroxylation sites is 2. The van der Waals surface area contributed by atoms with Gasteiger partial charge in [-0.2, -0.15) is 0 Å². The zero-order valence-corrected chi connectivity index (χ0v) is 23.4. The molecule has 188 valence electrons. The fourth-order valence-electron chi connectivity index (χ4n) is 3.95. The topological polar surface area (TPSA) is 69.4 Å². The highest BCUT2D eigenvalue weighted by molar-refractivity contribution is 7.99. The number of nitrogens with zero attached hydrogens (tertiary/aromatic N) is 4. The number of carbonyl (C=O) groups is 1. The molecule has 7 nitrogen and oxygen atoms in total. The summed E-state index contributed by atoms with van der Waals surface area (Å²) in [5.74, 6) is 0.681. The lowest BCUT2D eigenvalue weighted by molar-refractivity contribution is -0.127. The number of fused-ring (bicyclic) bond motifs is 1. The standard InChI is InChI=1S/C26H28N4O3S3/c1-6-28(7-2)21(31)15-35-25-27-23-22(24(32)30(25)19-10-8-9-11-20(19)33-5)36-26(34)29(23)18-13-12-16(3)17(4)14-18/h8-14H,6-7,15H2,1-5H3. The Bertz CT molecular complexity index is 1550. The van der Waals surface area contributed by atoms with Crippen LogP contribution in [0.3, 0.4) is 0 Å². The average molecular weight is 541 g/mol. The van der Waals surface area contributed by atoms with E-state index in [1.165, 1.54) is 33.2 Å². The van der Waals surface area contributed by atoms with Gasteiger partial charge in [0.15, 0.2) is 14.8 Å². The summed E-state index contributed by atoms with van der Waals surface area (Å²) in [6.07, 6.45) is 0. The molecule has 10 heteroatoms. The third-order valence-corrected chi connectivity index (χ3v) is 8.37. The van der Waals surface area contributed by atoms with E-state index in [0.29, 0.717) is 44.0 Å². The normalized spacial score (nSPS) is 11.1. The number of aryl methyl sites for hydroxylation is 2. The Morgan fingerprint density at radius 1 is 1.11 bits per heavy atom. The van der Waals surface area contributed by atoms with Crippen LogP contribution in [-0.2, 0) is 4.79 Å². The molecule has 0 radical (unpaired) electrons. The molecule has 0 aliphatic rings. The first-order valence-electron chi connectivity index (χ1n) is 11.6. The second kappa shape index (κ2) is 11.0. The van der Waals surface area contributed by atoms with E-state index in [1.807, 2.05) is 61.7 Å². The Morgan fingerprint density at radius 3 is 2.50 bits per heavy atom. The Morgan fingerprint density at radius 2 is 1.83 bits per heavy atom. The van der Waals surface area contributed by atoms with Gasteiger partial charge in [-0.25, -0.2) is 4.98 Å². The molecule has 0 saturated carbocycles. The maximum Gasteiger partial charge on any atom is 0.278 e. The van der Waals surface area contributed by atoms with Crippen molar-refractivity contribution < 1.29 is 9.53 Å². The van der Waals surface area contributed by atoms with Crippen LogP contribution in [0.1, 0.15) is 25.0 Å². The number of thiazole rings is 1. The fourth-order valence-corrected chi connectivity index (χ4v) is 6.15. The van der Waals surface area contributed by atoms with E-state index in [-0.39, 0.29) is 17.2 Å². The number of aromatic nitrogens is 3. The Labute approximate surface area is 223 Å². The molecule has 2 heterocycles. The Balaban J connectivity index is 1.96. The molecule has 1 amide bonds. The predicted octanol–water partition coefficient (Wildman–Crippen LogP) is 5.55. The molecule has 4 aromatic rings. The second-order valence-electron chi connectivity index (χ2n) is 8.19. The molecule has 0 N–H and O–H groups in total.